The SMILES string of the molecule is CCCCOCCOCCNC(=NCC(C)(O)c1ccccc1)NCC. The number of hydrogen-bond donors (Lipinski definition) is 3. The van der Waals surface area contributed by atoms with Gasteiger partial charge < -0.3 is 25.2 Å². The summed E-state index contributed by atoms with van der Waals surface area (Å²) < 4.78 is 11.0. The number of aliphatic imine (C=N–C) groups is 1. The highest BCUT2D eigenvalue weighted by Gasteiger charge is 2.22. The van der Waals surface area contributed by atoms with E-state index >= 15 is 0 Å². The first-order valence-electron chi connectivity index (χ1n) is 9.55. The third kappa shape index (κ3) is 9.75. The molecule has 6 nitrogen and oxygen atoms in total. The highest BCUT2D eigenvalue weighted by molar-refractivity contribution is 5.79. The average Bonchev–Trinajstić information content (AvgIpc) is 2.65. The number of nitrogens with one attached hydrogen (secondary N) is 2. The second-order valence-electron chi connectivity index (χ2n) is 6.34. The van der Waals surface area contributed by atoms with Crippen LogP contribution in [0.2, 0.25) is 0 Å². The highest BCUT2D eigenvalue weighted by Crippen LogP contribution is 2.20. The first kappa shape index (κ1) is 22.4. The molecule has 1 unspecified atom stereocenters. The van der Waals surface area contributed by atoms with Crippen LogP contribution in [0.5, 0.6) is 0 Å². The Labute approximate surface area is 158 Å². The highest BCUT2D eigenvalue weighted by atomic mass is 16.5. The molecule has 26 heavy (non-hydrogen) atoms. The summed E-state index contributed by atoms with van der Waals surface area (Å²) in [5.41, 5.74) is -0.151. The molecular formula is C20H35N3O3. The summed E-state index contributed by atoms with van der Waals surface area (Å²) in [4.78, 5) is 4.49. The molecule has 1 atom stereocenters. The molecule has 3 N–H and O–H groups in total. The summed E-state index contributed by atoms with van der Waals surface area (Å²) in [6, 6.07) is 9.59. The average molecular weight is 366 g/mol. The number of hydrogen-bond acceptors (Lipinski definition) is 4. The Hall–Kier alpha value is -1.63. The summed E-state index contributed by atoms with van der Waals surface area (Å²) in [5, 5.41) is 17.0. The lowest BCUT2D eigenvalue weighted by molar-refractivity contribution is 0.0486. The van der Waals surface area contributed by atoms with Crippen LogP contribution < -0.4 is 10.6 Å². The van der Waals surface area contributed by atoms with Crippen molar-refractivity contribution in [3.8, 4) is 0 Å². The van der Waals surface area contributed by atoms with Gasteiger partial charge in [0.05, 0.1) is 26.4 Å². The predicted octanol–water partition coefficient (Wildman–Crippen LogP) is 2.28. The van der Waals surface area contributed by atoms with E-state index in [4.69, 9.17) is 9.47 Å². The fourth-order valence-electron chi connectivity index (χ4n) is 2.27. The maximum atomic E-state index is 10.6. The van der Waals surface area contributed by atoms with Crippen LogP contribution in [0.3, 0.4) is 0 Å². The van der Waals surface area contributed by atoms with Gasteiger partial charge in [-0.3, -0.25) is 0 Å². The van der Waals surface area contributed by atoms with Crippen molar-refractivity contribution in [2.75, 3.05) is 46.1 Å². The van der Waals surface area contributed by atoms with Gasteiger partial charge in [-0.25, -0.2) is 4.99 Å². The van der Waals surface area contributed by atoms with E-state index in [1.807, 2.05) is 37.3 Å². The monoisotopic (exact) mass is 365 g/mol. The second-order valence-corrected chi connectivity index (χ2v) is 6.34. The van der Waals surface area contributed by atoms with Crippen molar-refractivity contribution in [2.45, 2.75) is 39.2 Å². The number of nitrogens with zero attached hydrogens (tertiary/aromatic N) is 1. The molecule has 0 saturated heterocycles. The van der Waals surface area contributed by atoms with Crippen LogP contribution in [0, 0.1) is 0 Å². The molecule has 6 heteroatoms. The normalized spacial score (nSPS) is 14.1. The second kappa shape index (κ2) is 13.6. The molecule has 0 aromatic heterocycles. The number of aliphatic hydroxyl groups is 1. The van der Waals surface area contributed by atoms with Gasteiger partial charge in [0.2, 0.25) is 0 Å². The zero-order valence-corrected chi connectivity index (χ0v) is 16.5. The fourth-order valence-corrected chi connectivity index (χ4v) is 2.27. The van der Waals surface area contributed by atoms with Gasteiger partial charge in [-0.15, -0.1) is 0 Å². The van der Waals surface area contributed by atoms with Crippen LogP contribution in [0.4, 0.5) is 0 Å². The molecule has 0 saturated carbocycles. The van der Waals surface area contributed by atoms with Gasteiger partial charge in [-0.1, -0.05) is 43.7 Å². The zero-order valence-electron chi connectivity index (χ0n) is 16.5. The number of unbranched alkanes of at least 4 members (excludes halogenated alkanes) is 1. The van der Waals surface area contributed by atoms with Crippen molar-refractivity contribution >= 4 is 5.96 Å². The van der Waals surface area contributed by atoms with Gasteiger partial charge in [-0.05, 0) is 25.8 Å². The first-order valence-corrected chi connectivity index (χ1v) is 9.55. The van der Waals surface area contributed by atoms with Gasteiger partial charge in [0.25, 0.3) is 0 Å². The number of ether oxygens (including phenoxy) is 2. The van der Waals surface area contributed by atoms with Crippen LogP contribution in [0.25, 0.3) is 0 Å². The van der Waals surface area contributed by atoms with E-state index in [1.165, 1.54) is 0 Å². The van der Waals surface area contributed by atoms with Gasteiger partial charge in [0.1, 0.15) is 5.60 Å². The number of benzene rings is 1. The molecule has 0 heterocycles. The first-order chi connectivity index (χ1) is 12.6. The molecule has 0 spiro atoms. The molecule has 0 aliphatic heterocycles. The number of guanidine groups is 1. The Kier molecular flexibility index (Phi) is 11.7. The van der Waals surface area contributed by atoms with Crippen molar-refractivity contribution in [3.63, 3.8) is 0 Å². The molecule has 0 fully saturated rings. The van der Waals surface area contributed by atoms with Crippen molar-refractivity contribution in [1.29, 1.82) is 0 Å². The van der Waals surface area contributed by atoms with Crippen LogP contribution in [0.15, 0.2) is 35.3 Å². The minimum atomic E-state index is -1.00. The molecule has 1 rings (SSSR count). The van der Waals surface area contributed by atoms with Crippen LogP contribution >= 0.6 is 0 Å². The molecule has 148 valence electrons. The van der Waals surface area contributed by atoms with E-state index in [0.29, 0.717) is 32.3 Å². The van der Waals surface area contributed by atoms with Crippen LogP contribution in [0.1, 0.15) is 39.2 Å². The lowest BCUT2D eigenvalue weighted by atomic mass is 9.96. The molecule has 0 bridgehead atoms. The van der Waals surface area contributed by atoms with Crippen LogP contribution in [-0.4, -0.2) is 57.1 Å². The Balaban J connectivity index is 2.31. The fraction of sp³-hybridized carbons (Fsp3) is 0.650. The summed E-state index contributed by atoms with van der Waals surface area (Å²) in [6.45, 7) is 10.2. The molecule has 0 amide bonds. The van der Waals surface area contributed by atoms with E-state index in [0.717, 1.165) is 31.6 Å². The van der Waals surface area contributed by atoms with Crippen molar-refractivity contribution in [1.82, 2.24) is 10.6 Å². The van der Waals surface area contributed by atoms with E-state index in [9.17, 15) is 5.11 Å². The van der Waals surface area contributed by atoms with Gasteiger partial charge in [-0.2, -0.15) is 0 Å². The van der Waals surface area contributed by atoms with Gasteiger partial charge >= 0.3 is 0 Å². The van der Waals surface area contributed by atoms with E-state index in [1.54, 1.807) is 6.92 Å². The topological polar surface area (TPSA) is 75.1 Å². The predicted molar refractivity (Wildman–Crippen MR) is 107 cm³/mol. The van der Waals surface area contributed by atoms with E-state index in [-0.39, 0.29) is 6.54 Å². The molecule has 0 radical (unpaired) electrons. The lowest BCUT2D eigenvalue weighted by Crippen LogP contribution is -2.40. The molecular weight excluding hydrogens is 330 g/mol. The third-order valence-corrected chi connectivity index (χ3v) is 3.84. The summed E-state index contributed by atoms with van der Waals surface area (Å²) in [6.07, 6.45) is 2.24. The molecule has 1 aromatic carbocycles. The van der Waals surface area contributed by atoms with Crippen molar-refractivity contribution in [3.05, 3.63) is 35.9 Å². The van der Waals surface area contributed by atoms with Crippen molar-refractivity contribution in [2.24, 2.45) is 4.99 Å². The molecule has 0 aliphatic carbocycles. The molecule has 0 aliphatic rings. The lowest BCUT2D eigenvalue weighted by Gasteiger charge is -2.22. The maximum absolute atomic E-state index is 10.6. The Morgan fingerprint density at radius 3 is 2.38 bits per heavy atom. The Bertz CT molecular complexity index is 492. The van der Waals surface area contributed by atoms with E-state index in [2.05, 4.69) is 22.5 Å². The van der Waals surface area contributed by atoms with Crippen molar-refractivity contribution < 1.29 is 14.6 Å². The maximum Gasteiger partial charge on any atom is 0.191 e. The van der Waals surface area contributed by atoms with Gasteiger partial charge in [0.15, 0.2) is 5.96 Å². The standard InChI is InChI=1S/C20H35N3O3/c1-4-6-13-25-15-16-26-14-12-22-19(21-5-2)23-17-20(3,24)18-10-8-7-9-11-18/h7-11,24H,4-6,12-17H2,1-3H3,(H2,21,22,23). The van der Waals surface area contributed by atoms with Gasteiger partial charge in [0, 0.05) is 19.7 Å². The third-order valence-electron chi connectivity index (χ3n) is 3.84. The largest absolute Gasteiger partial charge is 0.384 e. The molecule has 1 aromatic rings. The summed E-state index contributed by atoms with van der Waals surface area (Å²) in [5.74, 6) is 0.673. The summed E-state index contributed by atoms with van der Waals surface area (Å²) in [7, 11) is 0. The number of rotatable bonds is 13. The quantitative estimate of drug-likeness (QED) is 0.284. The van der Waals surface area contributed by atoms with Crippen LogP contribution in [-0.2, 0) is 15.1 Å². The smallest absolute Gasteiger partial charge is 0.191 e. The Morgan fingerprint density at radius 2 is 1.73 bits per heavy atom. The minimum Gasteiger partial charge on any atom is -0.384 e. The van der Waals surface area contributed by atoms with E-state index < -0.39 is 5.60 Å². The zero-order chi connectivity index (χ0) is 19.1. The Morgan fingerprint density at radius 1 is 1.04 bits per heavy atom. The summed E-state index contributed by atoms with van der Waals surface area (Å²) >= 11 is 0. The minimum absolute atomic E-state index is 0.276.